The highest BCUT2D eigenvalue weighted by molar-refractivity contribution is 5.76. The van der Waals surface area contributed by atoms with Gasteiger partial charge in [-0.3, -0.25) is 9.59 Å². The number of allylic oxidation sites excluding steroid dienone is 5. The zero-order valence-corrected chi connectivity index (χ0v) is 54.8. The van der Waals surface area contributed by atoms with E-state index < -0.39 is 12.1 Å². The summed E-state index contributed by atoms with van der Waals surface area (Å²) in [7, 11) is 0. The van der Waals surface area contributed by atoms with E-state index in [1.54, 1.807) is 6.08 Å². The highest BCUT2D eigenvalue weighted by Crippen LogP contribution is 2.19. The number of unbranched alkanes of at least 4 members (excludes halogenated alkanes) is 54. The van der Waals surface area contributed by atoms with E-state index in [1.807, 2.05) is 6.08 Å². The van der Waals surface area contributed by atoms with Crippen molar-refractivity contribution in [3.8, 4) is 0 Å². The van der Waals surface area contributed by atoms with Gasteiger partial charge in [0.25, 0.3) is 0 Å². The molecule has 2 unspecified atom stereocenters. The molecule has 0 aromatic heterocycles. The number of ether oxygens (including phenoxy) is 1. The van der Waals surface area contributed by atoms with Gasteiger partial charge in [-0.05, 0) is 83.5 Å². The molecule has 6 heteroatoms. The number of esters is 1. The Kier molecular flexibility index (Phi) is 68.9. The molecule has 0 heterocycles. The van der Waals surface area contributed by atoms with E-state index in [4.69, 9.17) is 4.74 Å². The molecule has 0 bridgehead atoms. The average molecular weight is 1140 g/mol. The van der Waals surface area contributed by atoms with Gasteiger partial charge in [0.15, 0.2) is 0 Å². The lowest BCUT2D eigenvalue weighted by atomic mass is 10.0. The Morgan fingerprint density at radius 1 is 0.333 bits per heavy atom. The second-order valence-corrected chi connectivity index (χ2v) is 25.3. The first-order valence-electron chi connectivity index (χ1n) is 36.8. The molecular formula is C75H143NO5. The van der Waals surface area contributed by atoms with Crippen LogP contribution < -0.4 is 5.32 Å². The second kappa shape index (κ2) is 70.6. The summed E-state index contributed by atoms with van der Waals surface area (Å²) in [4.78, 5) is 24.5. The van der Waals surface area contributed by atoms with Crippen LogP contribution in [0.5, 0.6) is 0 Å². The summed E-state index contributed by atoms with van der Waals surface area (Å²) >= 11 is 0. The summed E-state index contributed by atoms with van der Waals surface area (Å²) in [6.07, 6.45) is 91.0. The van der Waals surface area contributed by atoms with Crippen molar-refractivity contribution in [2.45, 2.75) is 418 Å². The minimum atomic E-state index is -0.844. The Bertz CT molecular complexity index is 1310. The maximum atomic E-state index is 12.5. The Morgan fingerprint density at radius 3 is 0.901 bits per heavy atom. The van der Waals surface area contributed by atoms with Crippen molar-refractivity contribution in [2.24, 2.45) is 0 Å². The van der Waals surface area contributed by atoms with Gasteiger partial charge in [-0.25, -0.2) is 0 Å². The molecule has 81 heavy (non-hydrogen) atoms. The first-order chi connectivity index (χ1) is 40.0. The molecule has 0 aliphatic rings. The molecule has 6 nitrogen and oxygen atoms in total. The summed E-state index contributed by atoms with van der Waals surface area (Å²) in [6.45, 7) is 4.91. The minimum absolute atomic E-state index is 0.00817. The van der Waals surface area contributed by atoms with Crippen LogP contribution in [0.3, 0.4) is 0 Å². The number of hydrogen-bond acceptors (Lipinski definition) is 5. The van der Waals surface area contributed by atoms with Crippen LogP contribution in [0.25, 0.3) is 0 Å². The van der Waals surface area contributed by atoms with Crippen molar-refractivity contribution >= 4 is 11.9 Å². The first kappa shape index (κ1) is 79.1. The minimum Gasteiger partial charge on any atom is -0.466 e. The highest BCUT2D eigenvalue weighted by Gasteiger charge is 2.18. The number of carbonyl (C=O) groups is 2. The molecule has 0 aromatic carbocycles. The molecule has 0 aliphatic heterocycles. The van der Waals surface area contributed by atoms with Gasteiger partial charge in [-0.2, -0.15) is 0 Å². The van der Waals surface area contributed by atoms with Crippen LogP contribution in [-0.2, 0) is 14.3 Å². The van der Waals surface area contributed by atoms with E-state index in [0.717, 1.165) is 44.9 Å². The highest BCUT2D eigenvalue weighted by atomic mass is 16.5. The number of aliphatic hydroxyl groups excluding tert-OH is 2. The monoisotopic (exact) mass is 1140 g/mol. The zero-order chi connectivity index (χ0) is 58.5. The van der Waals surface area contributed by atoms with Crippen molar-refractivity contribution in [1.29, 1.82) is 0 Å². The van der Waals surface area contributed by atoms with Crippen LogP contribution in [0, 0.1) is 0 Å². The van der Waals surface area contributed by atoms with Gasteiger partial charge in [0.05, 0.1) is 25.4 Å². The van der Waals surface area contributed by atoms with Crippen molar-refractivity contribution in [3.63, 3.8) is 0 Å². The molecule has 3 N–H and O–H groups in total. The molecule has 0 fully saturated rings. The number of hydrogen-bond donors (Lipinski definition) is 3. The van der Waals surface area contributed by atoms with Gasteiger partial charge in [0.2, 0.25) is 5.91 Å². The zero-order valence-electron chi connectivity index (χ0n) is 54.8. The van der Waals surface area contributed by atoms with E-state index in [2.05, 4.69) is 43.5 Å². The van der Waals surface area contributed by atoms with Gasteiger partial charge in [0.1, 0.15) is 0 Å². The lowest BCUT2D eigenvalue weighted by Gasteiger charge is -2.20. The number of aliphatic hydroxyl groups is 2. The van der Waals surface area contributed by atoms with Crippen LogP contribution >= 0.6 is 0 Å². The molecule has 0 aromatic rings. The Balaban J connectivity index is 3.38. The summed E-state index contributed by atoms with van der Waals surface area (Å²) in [5, 5.41) is 23.3. The SMILES string of the molecule is CCCCC/C=C\CCCCCCCC(=O)OCCCCCCCCCCCCCC/C=C\CCCCCCCCCCCCCCCCCCC(=O)NC(CO)C(O)/C=C/CCCCCCCCCCCCCCCCCCCC. The number of amides is 1. The molecule has 0 spiro atoms. The van der Waals surface area contributed by atoms with E-state index >= 15 is 0 Å². The standard InChI is InChI=1S/C75H143NO5/c1-3-5-7-9-11-13-15-17-18-19-20-35-38-41-44-47-51-55-59-63-67-73(78)72(71-77)76-74(79)68-64-60-56-52-48-45-42-39-36-33-31-29-27-25-23-21-22-24-26-28-30-32-34-37-40-43-46-50-54-58-62-66-70-81-75(80)69-65-61-57-53-49-16-14-12-10-8-6-4-2/h12,14,24,26,63,67,72-73,77-78H,3-11,13,15-23,25,27-62,64-66,68-71H2,1-2H3,(H,76,79)/b14-12-,26-24-,67-63+. The lowest BCUT2D eigenvalue weighted by molar-refractivity contribution is -0.143. The maximum absolute atomic E-state index is 12.5. The molecule has 0 aliphatic carbocycles. The normalized spacial score (nSPS) is 12.7. The fraction of sp³-hybridized carbons (Fsp3) is 0.893. The molecule has 0 saturated carbocycles. The summed E-state index contributed by atoms with van der Waals surface area (Å²) in [5.74, 6) is -0.0534. The largest absolute Gasteiger partial charge is 0.466 e. The van der Waals surface area contributed by atoms with Crippen LogP contribution in [0.4, 0.5) is 0 Å². The van der Waals surface area contributed by atoms with Crippen LogP contribution in [-0.4, -0.2) is 47.4 Å². The van der Waals surface area contributed by atoms with Gasteiger partial charge < -0.3 is 20.3 Å². The Morgan fingerprint density at radius 2 is 0.580 bits per heavy atom. The van der Waals surface area contributed by atoms with Gasteiger partial charge in [-0.15, -0.1) is 0 Å². The molecular weight excluding hydrogens is 995 g/mol. The lowest BCUT2D eigenvalue weighted by Crippen LogP contribution is -2.45. The third-order valence-corrected chi connectivity index (χ3v) is 17.1. The van der Waals surface area contributed by atoms with Gasteiger partial charge in [0, 0.05) is 12.8 Å². The van der Waals surface area contributed by atoms with E-state index in [-0.39, 0.29) is 18.5 Å². The predicted octanol–water partition coefficient (Wildman–Crippen LogP) is 23.9. The molecule has 478 valence electrons. The molecule has 0 rings (SSSR count). The van der Waals surface area contributed by atoms with E-state index in [9.17, 15) is 19.8 Å². The van der Waals surface area contributed by atoms with Crippen LogP contribution in [0.15, 0.2) is 36.5 Å². The van der Waals surface area contributed by atoms with Crippen LogP contribution in [0.1, 0.15) is 406 Å². The fourth-order valence-corrected chi connectivity index (χ4v) is 11.5. The average Bonchev–Trinajstić information content (AvgIpc) is 3.47. The molecule has 2 atom stereocenters. The molecule has 0 radical (unpaired) electrons. The summed E-state index contributed by atoms with van der Waals surface area (Å²) < 4.78 is 5.47. The quantitative estimate of drug-likeness (QED) is 0.0320. The third-order valence-electron chi connectivity index (χ3n) is 17.1. The second-order valence-electron chi connectivity index (χ2n) is 25.3. The summed E-state index contributed by atoms with van der Waals surface area (Å²) in [5.41, 5.74) is 0. The first-order valence-corrected chi connectivity index (χ1v) is 36.8. The third kappa shape index (κ3) is 67.1. The smallest absolute Gasteiger partial charge is 0.305 e. The van der Waals surface area contributed by atoms with Gasteiger partial charge >= 0.3 is 5.97 Å². The predicted molar refractivity (Wildman–Crippen MR) is 356 cm³/mol. The molecule has 0 saturated heterocycles. The van der Waals surface area contributed by atoms with E-state index in [0.29, 0.717) is 19.4 Å². The fourth-order valence-electron chi connectivity index (χ4n) is 11.5. The van der Waals surface area contributed by atoms with Crippen LogP contribution in [0.2, 0.25) is 0 Å². The summed E-state index contributed by atoms with van der Waals surface area (Å²) in [6, 6.07) is -0.627. The van der Waals surface area contributed by atoms with Gasteiger partial charge in [-0.1, -0.05) is 346 Å². The number of rotatable bonds is 69. The topological polar surface area (TPSA) is 95.9 Å². The molecule has 1 amide bonds. The maximum Gasteiger partial charge on any atom is 0.305 e. The van der Waals surface area contributed by atoms with Crippen molar-refractivity contribution in [1.82, 2.24) is 5.32 Å². The number of carbonyl (C=O) groups excluding carboxylic acids is 2. The number of nitrogens with one attached hydrogen (secondary N) is 1. The Hall–Kier alpha value is -1.92. The van der Waals surface area contributed by atoms with Crippen molar-refractivity contribution in [3.05, 3.63) is 36.5 Å². The van der Waals surface area contributed by atoms with Crippen molar-refractivity contribution in [2.75, 3.05) is 13.2 Å². The Labute approximate surface area is 506 Å². The van der Waals surface area contributed by atoms with E-state index in [1.165, 1.54) is 334 Å². The van der Waals surface area contributed by atoms with Crippen molar-refractivity contribution < 1.29 is 24.5 Å².